The first-order chi connectivity index (χ1) is 8.29. The molecule has 0 aliphatic carbocycles. The number of hydrogen-bond donors (Lipinski definition) is 1. The minimum absolute atomic E-state index is 0.900. The summed E-state index contributed by atoms with van der Waals surface area (Å²) >= 11 is 0. The third-order valence-corrected chi connectivity index (χ3v) is 3.65. The van der Waals surface area contributed by atoms with Crippen LogP contribution in [0.25, 0.3) is 0 Å². The van der Waals surface area contributed by atoms with Gasteiger partial charge < -0.3 is 5.73 Å². The highest BCUT2D eigenvalue weighted by molar-refractivity contribution is 5.45. The molecule has 0 saturated heterocycles. The van der Waals surface area contributed by atoms with E-state index in [0.29, 0.717) is 0 Å². The molecule has 2 heteroatoms. The van der Waals surface area contributed by atoms with Crippen molar-refractivity contribution in [2.45, 2.75) is 45.6 Å². The second kappa shape index (κ2) is 6.06. The van der Waals surface area contributed by atoms with Gasteiger partial charge in [0.05, 0.1) is 0 Å². The SMILES string of the molecule is CCCCCCN1CCc2ccc(N)cc2C1. The van der Waals surface area contributed by atoms with Crippen molar-refractivity contribution in [3.63, 3.8) is 0 Å². The predicted octanol–water partition coefficient (Wildman–Crippen LogP) is 3.21. The molecule has 2 nitrogen and oxygen atoms in total. The smallest absolute Gasteiger partial charge is 0.0317 e. The number of rotatable bonds is 5. The topological polar surface area (TPSA) is 29.3 Å². The molecule has 1 heterocycles. The summed E-state index contributed by atoms with van der Waals surface area (Å²) in [7, 11) is 0. The van der Waals surface area contributed by atoms with Gasteiger partial charge in [-0.1, -0.05) is 32.3 Å². The molecule has 0 atom stereocenters. The van der Waals surface area contributed by atoms with Gasteiger partial charge in [-0.2, -0.15) is 0 Å². The van der Waals surface area contributed by atoms with Crippen molar-refractivity contribution in [3.8, 4) is 0 Å². The largest absolute Gasteiger partial charge is 0.399 e. The molecular weight excluding hydrogens is 208 g/mol. The Hall–Kier alpha value is -1.02. The first-order valence-corrected chi connectivity index (χ1v) is 6.89. The molecule has 0 aromatic heterocycles. The summed E-state index contributed by atoms with van der Waals surface area (Å²) in [5.41, 5.74) is 9.67. The van der Waals surface area contributed by atoms with E-state index < -0.39 is 0 Å². The van der Waals surface area contributed by atoms with Crippen LogP contribution in [-0.4, -0.2) is 18.0 Å². The Morgan fingerprint density at radius 3 is 2.88 bits per heavy atom. The molecule has 1 aromatic rings. The predicted molar refractivity (Wildman–Crippen MR) is 74.0 cm³/mol. The van der Waals surface area contributed by atoms with E-state index in [0.717, 1.165) is 12.2 Å². The fraction of sp³-hybridized carbons (Fsp3) is 0.600. The summed E-state index contributed by atoms with van der Waals surface area (Å²) in [5, 5.41) is 0. The van der Waals surface area contributed by atoms with Crippen LogP contribution in [0.3, 0.4) is 0 Å². The van der Waals surface area contributed by atoms with Crippen LogP contribution in [0.15, 0.2) is 18.2 Å². The maximum atomic E-state index is 5.85. The van der Waals surface area contributed by atoms with Crippen molar-refractivity contribution >= 4 is 5.69 Å². The van der Waals surface area contributed by atoms with Crippen LogP contribution in [-0.2, 0) is 13.0 Å². The van der Waals surface area contributed by atoms with Crippen molar-refractivity contribution in [1.82, 2.24) is 4.90 Å². The lowest BCUT2D eigenvalue weighted by molar-refractivity contribution is 0.248. The lowest BCUT2D eigenvalue weighted by atomic mass is 9.99. The molecule has 0 bridgehead atoms. The van der Waals surface area contributed by atoms with Crippen LogP contribution < -0.4 is 5.73 Å². The van der Waals surface area contributed by atoms with Gasteiger partial charge in [0.2, 0.25) is 0 Å². The Bertz CT molecular complexity index is 360. The summed E-state index contributed by atoms with van der Waals surface area (Å²) in [6, 6.07) is 6.36. The second-order valence-corrected chi connectivity index (χ2v) is 5.11. The van der Waals surface area contributed by atoms with Crippen LogP contribution in [0.5, 0.6) is 0 Å². The third kappa shape index (κ3) is 3.47. The zero-order valence-corrected chi connectivity index (χ0v) is 10.9. The van der Waals surface area contributed by atoms with Gasteiger partial charge in [-0.3, -0.25) is 4.90 Å². The fourth-order valence-electron chi connectivity index (χ4n) is 2.59. The van der Waals surface area contributed by atoms with Gasteiger partial charge in [0.25, 0.3) is 0 Å². The molecule has 2 N–H and O–H groups in total. The van der Waals surface area contributed by atoms with Gasteiger partial charge in [-0.25, -0.2) is 0 Å². The van der Waals surface area contributed by atoms with E-state index in [1.54, 1.807) is 0 Å². The molecule has 0 amide bonds. The summed E-state index contributed by atoms with van der Waals surface area (Å²) in [4.78, 5) is 2.57. The Labute approximate surface area is 105 Å². The van der Waals surface area contributed by atoms with Crippen LogP contribution in [0.1, 0.15) is 43.7 Å². The van der Waals surface area contributed by atoms with Crippen molar-refractivity contribution in [2.24, 2.45) is 0 Å². The van der Waals surface area contributed by atoms with Crippen molar-refractivity contribution in [1.29, 1.82) is 0 Å². The second-order valence-electron chi connectivity index (χ2n) is 5.11. The number of fused-ring (bicyclic) bond motifs is 1. The summed E-state index contributed by atoms with van der Waals surface area (Å²) in [6.45, 7) is 5.81. The van der Waals surface area contributed by atoms with Gasteiger partial charge >= 0.3 is 0 Å². The summed E-state index contributed by atoms with van der Waals surface area (Å²) in [6.07, 6.45) is 6.59. The maximum Gasteiger partial charge on any atom is 0.0317 e. The number of nitrogens with two attached hydrogens (primary N) is 1. The summed E-state index contributed by atoms with van der Waals surface area (Å²) in [5.74, 6) is 0. The van der Waals surface area contributed by atoms with Crippen molar-refractivity contribution < 1.29 is 0 Å². The molecule has 17 heavy (non-hydrogen) atoms. The van der Waals surface area contributed by atoms with Crippen LogP contribution in [0.2, 0.25) is 0 Å². The minimum atomic E-state index is 0.900. The van der Waals surface area contributed by atoms with E-state index in [4.69, 9.17) is 5.73 Å². The van der Waals surface area contributed by atoms with Gasteiger partial charge in [0.1, 0.15) is 0 Å². The highest BCUT2D eigenvalue weighted by Crippen LogP contribution is 2.21. The Morgan fingerprint density at radius 1 is 1.18 bits per heavy atom. The standard InChI is InChI=1S/C15H24N2/c1-2-3-4-5-9-17-10-8-13-6-7-15(16)11-14(13)12-17/h6-7,11H,2-5,8-10,12,16H2,1H3. The molecule has 0 unspecified atom stereocenters. The molecule has 94 valence electrons. The number of nitrogens with zero attached hydrogens (tertiary/aromatic N) is 1. The number of nitrogen functional groups attached to an aromatic ring is 1. The zero-order valence-electron chi connectivity index (χ0n) is 10.9. The Morgan fingerprint density at radius 2 is 2.06 bits per heavy atom. The molecule has 1 aliphatic heterocycles. The number of anilines is 1. The lowest BCUT2D eigenvalue weighted by Gasteiger charge is -2.28. The van der Waals surface area contributed by atoms with E-state index in [9.17, 15) is 0 Å². The van der Waals surface area contributed by atoms with E-state index >= 15 is 0 Å². The van der Waals surface area contributed by atoms with Gasteiger partial charge in [0, 0.05) is 18.8 Å². The molecule has 1 aromatic carbocycles. The van der Waals surface area contributed by atoms with Crippen molar-refractivity contribution in [3.05, 3.63) is 29.3 Å². The monoisotopic (exact) mass is 232 g/mol. The van der Waals surface area contributed by atoms with Gasteiger partial charge in [-0.05, 0) is 42.6 Å². The van der Waals surface area contributed by atoms with Gasteiger partial charge in [-0.15, -0.1) is 0 Å². The highest BCUT2D eigenvalue weighted by Gasteiger charge is 2.15. The minimum Gasteiger partial charge on any atom is -0.399 e. The third-order valence-electron chi connectivity index (χ3n) is 3.65. The van der Waals surface area contributed by atoms with Crippen molar-refractivity contribution in [2.75, 3.05) is 18.8 Å². The Balaban J connectivity index is 1.85. The lowest BCUT2D eigenvalue weighted by Crippen LogP contribution is -2.31. The molecular formula is C15H24N2. The van der Waals surface area contributed by atoms with E-state index in [-0.39, 0.29) is 0 Å². The molecule has 0 spiro atoms. The molecule has 2 rings (SSSR count). The zero-order chi connectivity index (χ0) is 12.1. The first-order valence-electron chi connectivity index (χ1n) is 6.89. The average Bonchev–Trinajstić information content (AvgIpc) is 2.34. The molecule has 0 saturated carbocycles. The van der Waals surface area contributed by atoms with E-state index in [2.05, 4.69) is 24.0 Å². The summed E-state index contributed by atoms with van der Waals surface area (Å²) < 4.78 is 0. The number of benzene rings is 1. The van der Waals surface area contributed by atoms with Crippen LogP contribution >= 0.6 is 0 Å². The number of hydrogen-bond acceptors (Lipinski definition) is 2. The van der Waals surface area contributed by atoms with E-state index in [1.165, 1.54) is 56.3 Å². The average molecular weight is 232 g/mol. The van der Waals surface area contributed by atoms with Gasteiger partial charge in [0.15, 0.2) is 0 Å². The quantitative estimate of drug-likeness (QED) is 0.624. The highest BCUT2D eigenvalue weighted by atomic mass is 15.1. The molecule has 0 radical (unpaired) electrons. The molecule has 0 fully saturated rings. The molecule has 1 aliphatic rings. The number of unbranched alkanes of at least 4 members (excludes halogenated alkanes) is 3. The Kier molecular flexibility index (Phi) is 4.43. The fourth-order valence-corrected chi connectivity index (χ4v) is 2.59. The first kappa shape index (κ1) is 12.4. The van der Waals surface area contributed by atoms with Crippen LogP contribution in [0, 0.1) is 0 Å². The van der Waals surface area contributed by atoms with E-state index in [1.807, 2.05) is 6.07 Å². The normalized spacial score (nSPS) is 15.8. The maximum absolute atomic E-state index is 5.85. The van der Waals surface area contributed by atoms with Crippen LogP contribution in [0.4, 0.5) is 5.69 Å².